The van der Waals surface area contributed by atoms with E-state index in [9.17, 15) is 4.79 Å². The molecule has 0 radical (unpaired) electrons. The van der Waals surface area contributed by atoms with Crippen LogP contribution in [0.3, 0.4) is 0 Å². The molecule has 0 spiro atoms. The zero-order valence-electron chi connectivity index (χ0n) is 13.7. The summed E-state index contributed by atoms with van der Waals surface area (Å²) < 4.78 is 0. The zero-order chi connectivity index (χ0) is 15.5. The van der Waals surface area contributed by atoms with Gasteiger partial charge in [-0.15, -0.1) is 0 Å². The lowest BCUT2D eigenvalue weighted by Crippen LogP contribution is -2.43. The highest BCUT2D eigenvalue weighted by Gasteiger charge is 2.18. The molecule has 1 aromatic rings. The van der Waals surface area contributed by atoms with Gasteiger partial charge in [0, 0.05) is 12.6 Å². The fraction of sp³-hybridized carbons (Fsp3) is 0.611. The number of carbonyl (C=O) groups excluding carboxylic acids is 1. The maximum atomic E-state index is 12.0. The van der Waals surface area contributed by atoms with Gasteiger partial charge in [-0.05, 0) is 25.3 Å². The van der Waals surface area contributed by atoms with Gasteiger partial charge in [0.05, 0.1) is 6.04 Å². The molecule has 2 unspecified atom stereocenters. The average Bonchev–Trinajstić information content (AvgIpc) is 2.52. The van der Waals surface area contributed by atoms with Crippen molar-refractivity contribution in [2.24, 2.45) is 0 Å². The van der Waals surface area contributed by atoms with Crippen LogP contribution >= 0.6 is 0 Å². The fourth-order valence-electron chi connectivity index (χ4n) is 2.41. The van der Waals surface area contributed by atoms with Crippen molar-refractivity contribution < 1.29 is 4.79 Å². The molecule has 3 heteroatoms. The number of benzene rings is 1. The van der Waals surface area contributed by atoms with E-state index in [1.807, 2.05) is 13.0 Å². The van der Waals surface area contributed by atoms with Crippen molar-refractivity contribution >= 4 is 5.91 Å². The van der Waals surface area contributed by atoms with Gasteiger partial charge in [0.15, 0.2) is 0 Å². The third kappa shape index (κ3) is 6.76. The summed E-state index contributed by atoms with van der Waals surface area (Å²) in [6, 6.07) is 10.5. The van der Waals surface area contributed by atoms with Crippen LogP contribution < -0.4 is 10.6 Å². The SMILES string of the molecule is CCCCCC(NC(C)C(=O)NCCC)c1ccccc1. The molecule has 0 aliphatic heterocycles. The maximum absolute atomic E-state index is 12.0. The van der Waals surface area contributed by atoms with Crippen LogP contribution in [0, 0.1) is 0 Å². The highest BCUT2D eigenvalue weighted by atomic mass is 16.2. The van der Waals surface area contributed by atoms with Crippen molar-refractivity contribution in [1.29, 1.82) is 0 Å². The minimum Gasteiger partial charge on any atom is -0.355 e. The van der Waals surface area contributed by atoms with Gasteiger partial charge in [0.2, 0.25) is 5.91 Å². The predicted octanol–water partition coefficient (Wildman–Crippen LogP) is 3.81. The van der Waals surface area contributed by atoms with Gasteiger partial charge in [0.1, 0.15) is 0 Å². The van der Waals surface area contributed by atoms with Gasteiger partial charge in [-0.1, -0.05) is 63.4 Å². The molecular formula is C18H30N2O. The van der Waals surface area contributed by atoms with E-state index in [1.165, 1.54) is 24.8 Å². The number of unbranched alkanes of at least 4 members (excludes halogenated alkanes) is 2. The molecule has 0 bridgehead atoms. The molecule has 0 aromatic heterocycles. The Labute approximate surface area is 129 Å². The Balaban J connectivity index is 2.61. The predicted molar refractivity (Wildman–Crippen MR) is 89.2 cm³/mol. The minimum absolute atomic E-state index is 0.0910. The van der Waals surface area contributed by atoms with Crippen LogP contribution in [0.2, 0.25) is 0 Å². The van der Waals surface area contributed by atoms with Gasteiger partial charge >= 0.3 is 0 Å². The summed E-state index contributed by atoms with van der Waals surface area (Å²) in [4.78, 5) is 12.0. The molecule has 1 rings (SSSR count). The van der Waals surface area contributed by atoms with E-state index in [4.69, 9.17) is 0 Å². The number of carbonyl (C=O) groups is 1. The highest BCUT2D eigenvalue weighted by Crippen LogP contribution is 2.20. The molecule has 2 atom stereocenters. The second-order valence-electron chi connectivity index (χ2n) is 5.64. The number of amides is 1. The first-order chi connectivity index (χ1) is 10.2. The Morgan fingerprint density at radius 3 is 2.43 bits per heavy atom. The Hall–Kier alpha value is -1.35. The van der Waals surface area contributed by atoms with Crippen molar-refractivity contribution in [2.75, 3.05) is 6.54 Å². The summed E-state index contributed by atoms with van der Waals surface area (Å²) in [5.74, 6) is 0.0910. The summed E-state index contributed by atoms with van der Waals surface area (Å²) in [5, 5.41) is 6.44. The largest absolute Gasteiger partial charge is 0.355 e. The monoisotopic (exact) mass is 290 g/mol. The molecular weight excluding hydrogens is 260 g/mol. The van der Waals surface area contributed by atoms with E-state index in [2.05, 4.69) is 48.7 Å². The van der Waals surface area contributed by atoms with E-state index in [0.717, 1.165) is 19.4 Å². The van der Waals surface area contributed by atoms with Gasteiger partial charge in [-0.2, -0.15) is 0 Å². The average molecular weight is 290 g/mol. The Bertz CT molecular complexity index is 391. The van der Waals surface area contributed by atoms with Crippen LogP contribution in [0.15, 0.2) is 30.3 Å². The Kier molecular flexibility index (Phi) is 8.76. The second kappa shape index (κ2) is 10.4. The lowest BCUT2D eigenvalue weighted by molar-refractivity contribution is -0.122. The number of hydrogen-bond acceptors (Lipinski definition) is 2. The van der Waals surface area contributed by atoms with Crippen LogP contribution in [0.1, 0.15) is 64.5 Å². The molecule has 2 N–H and O–H groups in total. The van der Waals surface area contributed by atoms with Crippen LogP contribution in [0.25, 0.3) is 0 Å². The smallest absolute Gasteiger partial charge is 0.236 e. The molecule has 1 amide bonds. The molecule has 118 valence electrons. The molecule has 0 aliphatic carbocycles. The first-order valence-electron chi connectivity index (χ1n) is 8.27. The molecule has 0 saturated heterocycles. The van der Waals surface area contributed by atoms with E-state index < -0.39 is 0 Å². The molecule has 0 aliphatic rings. The van der Waals surface area contributed by atoms with Crippen LogP contribution in [0.5, 0.6) is 0 Å². The van der Waals surface area contributed by atoms with Crippen molar-refractivity contribution in [1.82, 2.24) is 10.6 Å². The summed E-state index contributed by atoms with van der Waals surface area (Å²) in [7, 11) is 0. The minimum atomic E-state index is -0.164. The van der Waals surface area contributed by atoms with Crippen molar-refractivity contribution in [3.8, 4) is 0 Å². The van der Waals surface area contributed by atoms with Crippen LogP contribution in [0.4, 0.5) is 0 Å². The second-order valence-corrected chi connectivity index (χ2v) is 5.64. The molecule has 3 nitrogen and oxygen atoms in total. The van der Waals surface area contributed by atoms with Gasteiger partial charge in [-0.25, -0.2) is 0 Å². The van der Waals surface area contributed by atoms with E-state index in [0.29, 0.717) is 0 Å². The fourth-order valence-corrected chi connectivity index (χ4v) is 2.41. The molecule has 0 saturated carbocycles. The molecule has 0 heterocycles. The van der Waals surface area contributed by atoms with Crippen molar-refractivity contribution in [3.63, 3.8) is 0 Å². The van der Waals surface area contributed by atoms with Gasteiger partial charge in [-0.3, -0.25) is 10.1 Å². The standard InChI is InChI=1S/C18H30N2O/c1-4-6-8-13-17(16-11-9-7-10-12-16)20-15(3)18(21)19-14-5-2/h7,9-12,15,17,20H,4-6,8,13-14H2,1-3H3,(H,19,21). The number of nitrogens with one attached hydrogen (secondary N) is 2. The van der Waals surface area contributed by atoms with Crippen molar-refractivity contribution in [2.45, 2.75) is 65.0 Å². The van der Waals surface area contributed by atoms with Crippen molar-refractivity contribution in [3.05, 3.63) is 35.9 Å². The molecule has 0 fully saturated rings. The van der Waals surface area contributed by atoms with Crippen LogP contribution in [-0.2, 0) is 4.79 Å². The summed E-state index contributed by atoms with van der Waals surface area (Å²) in [5.41, 5.74) is 1.27. The first kappa shape index (κ1) is 17.7. The lowest BCUT2D eigenvalue weighted by Gasteiger charge is -2.23. The Morgan fingerprint density at radius 1 is 1.10 bits per heavy atom. The summed E-state index contributed by atoms with van der Waals surface area (Å²) in [6.07, 6.45) is 5.68. The topological polar surface area (TPSA) is 41.1 Å². The van der Waals surface area contributed by atoms with E-state index in [-0.39, 0.29) is 18.0 Å². The highest BCUT2D eigenvalue weighted by molar-refractivity contribution is 5.81. The molecule has 1 aromatic carbocycles. The number of rotatable bonds is 10. The maximum Gasteiger partial charge on any atom is 0.236 e. The third-order valence-electron chi connectivity index (χ3n) is 3.69. The quantitative estimate of drug-likeness (QED) is 0.643. The molecule has 21 heavy (non-hydrogen) atoms. The normalized spacial score (nSPS) is 13.7. The summed E-state index contributed by atoms with van der Waals surface area (Å²) in [6.45, 7) is 6.97. The van der Waals surface area contributed by atoms with Gasteiger partial charge in [0.25, 0.3) is 0 Å². The first-order valence-corrected chi connectivity index (χ1v) is 8.27. The third-order valence-corrected chi connectivity index (χ3v) is 3.69. The number of hydrogen-bond donors (Lipinski definition) is 2. The zero-order valence-corrected chi connectivity index (χ0v) is 13.7. The van der Waals surface area contributed by atoms with Crippen LogP contribution in [-0.4, -0.2) is 18.5 Å². The van der Waals surface area contributed by atoms with Gasteiger partial charge < -0.3 is 5.32 Å². The Morgan fingerprint density at radius 2 is 1.81 bits per heavy atom. The van der Waals surface area contributed by atoms with E-state index >= 15 is 0 Å². The lowest BCUT2D eigenvalue weighted by atomic mass is 9.99. The summed E-state index contributed by atoms with van der Waals surface area (Å²) >= 11 is 0. The van der Waals surface area contributed by atoms with E-state index in [1.54, 1.807) is 0 Å².